The number of hydrogen-bond acceptors (Lipinski definition) is 3. The normalized spacial score (nSPS) is 18.4. The second-order valence-corrected chi connectivity index (χ2v) is 4.93. The molecule has 4 nitrogen and oxygen atoms in total. The van der Waals surface area contributed by atoms with Crippen molar-refractivity contribution in [2.24, 2.45) is 0 Å². The van der Waals surface area contributed by atoms with Gasteiger partial charge in [-0.05, 0) is 36.2 Å². The van der Waals surface area contributed by atoms with Crippen molar-refractivity contribution in [2.75, 3.05) is 6.54 Å². The van der Waals surface area contributed by atoms with Gasteiger partial charge in [-0.15, -0.1) is 0 Å². The molecular weight excluding hydrogens is 259 g/mol. The van der Waals surface area contributed by atoms with Crippen LogP contribution in [0.4, 0.5) is 4.39 Å². The summed E-state index contributed by atoms with van der Waals surface area (Å²) >= 11 is 0. The molecule has 1 aliphatic rings. The lowest BCUT2D eigenvalue weighted by Gasteiger charge is -2.15. The molecule has 20 heavy (non-hydrogen) atoms. The van der Waals surface area contributed by atoms with E-state index < -0.39 is 17.5 Å². The lowest BCUT2D eigenvalue weighted by Crippen LogP contribution is -2.41. The lowest BCUT2D eigenvalue weighted by atomic mass is 10.0. The average Bonchev–Trinajstić information content (AvgIpc) is 2.93. The van der Waals surface area contributed by atoms with Crippen molar-refractivity contribution in [1.29, 1.82) is 0 Å². The first-order valence-corrected chi connectivity index (χ1v) is 6.61. The maximum Gasteiger partial charge on any atom is 0.256 e. The molecule has 1 amide bonds. The van der Waals surface area contributed by atoms with Crippen LogP contribution in [-0.2, 0) is 0 Å². The van der Waals surface area contributed by atoms with Crippen molar-refractivity contribution in [3.8, 4) is 5.75 Å². The first-order chi connectivity index (χ1) is 9.66. The number of carbonyl (C=O) groups is 1. The van der Waals surface area contributed by atoms with Gasteiger partial charge in [-0.3, -0.25) is 10.1 Å². The van der Waals surface area contributed by atoms with Crippen LogP contribution in [0.25, 0.3) is 10.8 Å². The zero-order valence-corrected chi connectivity index (χ0v) is 10.8. The van der Waals surface area contributed by atoms with Crippen LogP contribution < -0.4 is 10.6 Å². The molecule has 3 rings (SSSR count). The van der Waals surface area contributed by atoms with Gasteiger partial charge in [0, 0.05) is 0 Å². The molecule has 1 saturated heterocycles. The number of rotatable bonds is 2. The molecule has 0 spiro atoms. The third-order valence-corrected chi connectivity index (χ3v) is 3.56. The largest absolute Gasteiger partial charge is 0.505 e. The Morgan fingerprint density at radius 1 is 1.40 bits per heavy atom. The van der Waals surface area contributed by atoms with Crippen LogP contribution in [0.2, 0.25) is 0 Å². The second kappa shape index (κ2) is 5.09. The zero-order chi connectivity index (χ0) is 14.1. The number of carbonyl (C=O) groups excluding carboxylic acids is 1. The maximum absolute atomic E-state index is 14.1. The summed E-state index contributed by atoms with van der Waals surface area (Å²) in [4.78, 5) is 12.3. The molecule has 1 fully saturated rings. The minimum Gasteiger partial charge on any atom is -0.505 e. The molecule has 3 N–H and O–H groups in total. The van der Waals surface area contributed by atoms with E-state index in [0.717, 1.165) is 19.4 Å². The van der Waals surface area contributed by atoms with Crippen molar-refractivity contribution >= 4 is 16.7 Å². The van der Waals surface area contributed by atoms with Crippen molar-refractivity contribution < 1.29 is 14.3 Å². The Balaban J connectivity index is 2.04. The first kappa shape index (κ1) is 12.9. The Morgan fingerprint density at radius 2 is 2.20 bits per heavy atom. The van der Waals surface area contributed by atoms with E-state index in [-0.39, 0.29) is 11.7 Å². The lowest BCUT2D eigenvalue weighted by molar-refractivity contribution is 0.0930. The van der Waals surface area contributed by atoms with E-state index in [1.54, 1.807) is 24.3 Å². The van der Waals surface area contributed by atoms with Crippen molar-refractivity contribution in [2.45, 2.75) is 19.0 Å². The predicted molar refractivity (Wildman–Crippen MR) is 74.1 cm³/mol. The molecule has 104 valence electrons. The molecule has 1 heterocycles. The number of phenolic OH excluding ortho intramolecular Hbond substituents is 1. The van der Waals surface area contributed by atoms with Crippen LogP contribution in [0.3, 0.4) is 0 Å². The van der Waals surface area contributed by atoms with Gasteiger partial charge in [0.2, 0.25) is 0 Å². The number of fused-ring (bicyclic) bond motifs is 1. The molecule has 2 aromatic carbocycles. The minimum atomic E-state index is -0.876. The fraction of sp³-hybridized carbons (Fsp3) is 0.267. The Morgan fingerprint density at radius 3 is 2.95 bits per heavy atom. The predicted octanol–water partition coefficient (Wildman–Crippen LogP) is 2.12. The third kappa shape index (κ3) is 2.20. The fourth-order valence-electron chi connectivity index (χ4n) is 2.57. The molecule has 0 bridgehead atoms. The number of halogens is 1. The van der Waals surface area contributed by atoms with Crippen molar-refractivity contribution in [3.63, 3.8) is 0 Å². The van der Waals surface area contributed by atoms with E-state index in [2.05, 4.69) is 10.6 Å². The van der Waals surface area contributed by atoms with Gasteiger partial charge in [0.05, 0.1) is 11.7 Å². The number of aromatic hydroxyl groups is 1. The molecule has 1 aliphatic heterocycles. The summed E-state index contributed by atoms with van der Waals surface area (Å²) in [6.45, 7) is 0.841. The van der Waals surface area contributed by atoms with Gasteiger partial charge < -0.3 is 10.4 Å². The highest BCUT2D eigenvalue weighted by molar-refractivity contribution is 6.08. The van der Waals surface area contributed by atoms with Crippen molar-refractivity contribution in [3.05, 3.63) is 41.7 Å². The fourth-order valence-corrected chi connectivity index (χ4v) is 2.57. The van der Waals surface area contributed by atoms with E-state index in [0.29, 0.717) is 10.8 Å². The van der Waals surface area contributed by atoms with Crippen LogP contribution in [0.15, 0.2) is 30.3 Å². The quantitative estimate of drug-likeness (QED) is 0.786. The molecule has 1 atom stereocenters. The summed E-state index contributed by atoms with van der Waals surface area (Å²) in [7, 11) is 0. The topological polar surface area (TPSA) is 61.4 Å². The zero-order valence-electron chi connectivity index (χ0n) is 10.8. The van der Waals surface area contributed by atoms with Gasteiger partial charge in [-0.1, -0.05) is 24.3 Å². The smallest absolute Gasteiger partial charge is 0.256 e. The second-order valence-electron chi connectivity index (χ2n) is 4.93. The number of hydrogen-bond donors (Lipinski definition) is 3. The van der Waals surface area contributed by atoms with E-state index in [4.69, 9.17) is 0 Å². The Hall–Kier alpha value is -2.14. The number of phenols is 1. The van der Waals surface area contributed by atoms with Crippen molar-refractivity contribution in [1.82, 2.24) is 10.6 Å². The summed E-state index contributed by atoms with van der Waals surface area (Å²) in [6.07, 6.45) is 1.67. The maximum atomic E-state index is 14.1. The minimum absolute atomic E-state index is 0.102. The summed E-state index contributed by atoms with van der Waals surface area (Å²) in [6, 6.07) is 8.26. The summed E-state index contributed by atoms with van der Waals surface area (Å²) < 4.78 is 14.1. The van der Waals surface area contributed by atoms with Crippen LogP contribution >= 0.6 is 0 Å². The van der Waals surface area contributed by atoms with Gasteiger partial charge in [0.1, 0.15) is 0 Å². The molecule has 0 radical (unpaired) electrons. The Kier molecular flexibility index (Phi) is 3.28. The van der Waals surface area contributed by atoms with E-state index in [1.165, 1.54) is 6.07 Å². The molecule has 2 aromatic rings. The SMILES string of the molecule is O=C(NC1CCCN1)c1c(F)c(O)cc2ccccc12. The van der Waals surface area contributed by atoms with Gasteiger partial charge in [-0.25, -0.2) is 4.39 Å². The Bertz CT molecular complexity index is 666. The molecular formula is C15H15FN2O2. The molecule has 0 saturated carbocycles. The number of benzene rings is 2. The summed E-state index contributed by atoms with van der Waals surface area (Å²) in [5.41, 5.74) is -0.102. The van der Waals surface area contributed by atoms with E-state index >= 15 is 0 Å². The van der Waals surface area contributed by atoms with Crippen LogP contribution in [-0.4, -0.2) is 23.7 Å². The number of amides is 1. The van der Waals surface area contributed by atoms with E-state index in [1.807, 2.05) is 0 Å². The highest BCUT2D eigenvalue weighted by Crippen LogP contribution is 2.29. The van der Waals surface area contributed by atoms with Gasteiger partial charge in [0.25, 0.3) is 5.91 Å². The average molecular weight is 274 g/mol. The molecule has 0 aliphatic carbocycles. The molecule has 5 heteroatoms. The van der Waals surface area contributed by atoms with Gasteiger partial charge in [0.15, 0.2) is 11.6 Å². The summed E-state index contributed by atoms with van der Waals surface area (Å²) in [5.74, 6) is -1.89. The van der Waals surface area contributed by atoms with E-state index in [9.17, 15) is 14.3 Å². The Labute approximate surface area is 115 Å². The number of nitrogens with one attached hydrogen (secondary N) is 2. The highest BCUT2D eigenvalue weighted by Gasteiger charge is 2.23. The third-order valence-electron chi connectivity index (χ3n) is 3.56. The van der Waals surface area contributed by atoms with Crippen LogP contribution in [0.5, 0.6) is 5.75 Å². The monoisotopic (exact) mass is 274 g/mol. The van der Waals surface area contributed by atoms with Crippen LogP contribution in [0.1, 0.15) is 23.2 Å². The highest BCUT2D eigenvalue weighted by atomic mass is 19.1. The first-order valence-electron chi connectivity index (χ1n) is 6.61. The standard InChI is InChI=1S/C15H15FN2O2/c16-14-11(19)8-9-4-1-2-5-10(9)13(14)15(20)18-12-6-3-7-17-12/h1-2,4-5,8,12,17,19H,3,6-7H2,(H,18,20). The molecule has 0 aromatic heterocycles. The molecule has 1 unspecified atom stereocenters. The van der Waals surface area contributed by atoms with Gasteiger partial charge in [-0.2, -0.15) is 0 Å². The van der Waals surface area contributed by atoms with Gasteiger partial charge >= 0.3 is 0 Å². The summed E-state index contributed by atoms with van der Waals surface area (Å²) in [5, 5.41) is 16.6. The van der Waals surface area contributed by atoms with Crippen LogP contribution in [0, 0.1) is 5.82 Å².